The minimum atomic E-state index is -0.401. The predicted octanol–water partition coefficient (Wildman–Crippen LogP) is 3.92. The smallest absolute Gasteiger partial charge is 0.274 e. The van der Waals surface area contributed by atoms with Crippen LogP contribution in [0.5, 0.6) is 0 Å². The van der Waals surface area contributed by atoms with Gasteiger partial charge in [0.15, 0.2) is 0 Å². The normalized spacial score (nSPS) is 10.2. The molecule has 6 heteroatoms. The Balaban J connectivity index is 1.79. The van der Waals surface area contributed by atoms with E-state index in [2.05, 4.69) is 20.6 Å². The third kappa shape index (κ3) is 3.55. The van der Waals surface area contributed by atoms with Crippen molar-refractivity contribution in [3.63, 3.8) is 0 Å². The van der Waals surface area contributed by atoms with Gasteiger partial charge in [-0.3, -0.25) is 4.79 Å². The molecule has 3 rings (SSSR count). The summed E-state index contributed by atoms with van der Waals surface area (Å²) in [5, 5.41) is 5.63. The Morgan fingerprint density at radius 3 is 2.46 bits per heavy atom. The molecule has 0 radical (unpaired) electrons. The monoisotopic (exact) mass is 322 g/mol. The van der Waals surface area contributed by atoms with Crippen LogP contribution in [0.4, 0.5) is 21.6 Å². The van der Waals surface area contributed by atoms with E-state index >= 15 is 0 Å². The SMILES string of the molecule is Cc1ccccc1NC(=O)c1cc(Nc2ccccc2F)ncn1. The number of halogens is 1. The Morgan fingerprint density at radius 1 is 1.00 bits per heavy atom. The van der Waals surface area contributed by atoms with Crippen LogP contribution in [0.25, 0.3) is 0 Å². The number of rotatable bonds is 4. The van der Waals surface area contributed by atoms with Crippen LogP contribution in [0.1, 0.15) is 16.1 Å². The maximum atomic E-state index is 13.7. The van der Waals surface area contributed by atoms with E-state index in [0.717, 1.165) is 5.56 Å². The van der Waals surface area contributed by atoms with Crippen molar-refractivity contribution in [3.05, 3.63) is 78.0 Å². The van der Waals surface area contributed by atoms with Crippen LogP contribution in [-0.2, 0) is 0 Å². The number of carbonyl (C=O) groups excluding carboxylic acids is 1. The van der Waals surface area contributed by atoms with E-state index < -0.39 is 5.82 Å². The highest BCUT2D eigenvalue weighted by Gasteiger charge is 2.11. The summed E-state index contributed by atoms with van der Waals surface area (Å²) >= 11 is 0. The molecule has 3 aromatic rings. The van der Waals surface area contributed by atoms with Crippen molar-refractivity contribution < 1.29 is 9.18 Å². The lowest BCUT2D eigenvalue weighted by Gasteiger charge is -2.09. The van der Waals surface area contributed by atoms with Crippen LogP contribution in [0.3, 0.4) is 0 Å². The third-order valence-electron chi connectivity index (χ3n) is 3.43. The number of hydrogen-bond acceptors (Lipinski definition) is 4. The summed E-state index contributed by atoms with van der Waals surface area (Å²) in [6.45, 7) is 1.90. The number of nitrogens with zero attached hydrogens (tertiary/aromatic N) is 2. The summed E-state index contributed by atoms with van der Waals surface area (Å²) in [7, 11) is 0. The number of anilines is 3. The van der Waals surface area contributed by atoms with E-state index in [-0.39, 0.29) is 17.3 Å². The molecule has 1 amide bonds. The van der Waals surface area contributed by atoms with Crippen LogP contribution in [0.15, 0.2) is 60.9 Å². The van der Waals surface area contributed by atoms with E-state index in [4.69, 9.17) is 0 Å². The van der Waals surface area contributed by atoms with Crippen molar-refractivity contribution >= 4 is 23.1 Å². The van der Waals surface area contributed by atoms with Crippen molar-refractivity contribution in [2.45, 2.75) is 6.92 Å². The minimum absolute atomic E-state index is 0.187. The van der Waals surface area contributed by atoms with Crippen molar-refractivity contribution in [1.29, 1.82) is 0 Å². The molecule has 1 aromatic heterocycles. The van der Waals surface area contributed by atoms with Gasteiger partial charge < -0.3 is 10.6 Å². The molecular formula is C18H15FN4O. The van der Waals surface area contributed by atoms with Gasteiger partial charge in [-0.1, -0.05) is 30.3 Å². The second-order valence-electron chi connectivity index (χ2n) is 5.16. The molecule has 5 nitrogen and oxygen atoms in total. The van der Waals surface area contributed by atoms with Crippen molar-refractivity contribution in [3.8, 4) is 0 Å². The lowest BCUT2D eigenvalue weighted by atomic mass is 10.2. The van der Waals surface area contributed by atoms with E-state index in [1.165, 1.54) is 18.5 Å². The molecule has 0 bridgehead atoms. The molecule has 2 N–H and O–H groups in total. The second-order valence-corrected chi connectivity index (χ2v) is 5.16. The fraction of sp³-hybridized carbons (Fsp3) is 0.0556. The summed E-state index contributed by atoms with van der Waals surface area (Å²) in [5.74, 6) is -0.421. The molecule has 0 aliphatic heterocycles. The number of hydrogen-bond donors (Lipinski definition) is 2. The first-order chi connectivity index (χ1) is 11.6. The Labute approximate surface area is 138 Å². The second kappa shape index (κ2) is 6.87. The molecule has 0 fully saturated rings. The highest BCUT2D eigenvalue weighted by atomic mass is 19.1. The van der Waals surface area contributed by atoms with Crippen molar-refractivity contribution in [2.75, 3.05) is 10.6 Å². The van der Waals surface area contributed by atoms with Crippen LogP contribution in [-0.4, -0.2) is 15.9 Å². The first-order valence-electron chi connectivity index (χ1n) is 7.34. The number of amides is 1. The summed E-state index contributed by atoms with van der Waals surface area (Å²) in [4.78, 5) is 20.3. The number of aromatic nitrogens is 2. The Morgan fingerprint density at radius 2 is 1.71 bits per heavy atom. The fourth-order valence-corrected chi connectivity index (χ4v) is 2.15. The Bertz CT molecular complexity index is 882. The number of carbonyl (C=O) groups is 1. The maximum absolute atomic E-state index is 13.7. The zero-order valence-corrected chi connectivity index (χ0v) is 13.0. The molecule has 0 saturated carbocycles. The molecule has 120 valence electrons. The largest absolute Gasteiger partial charge is 0.338 e. The predicted molar refractivity (Wildman–Crippen MR) is 90.8 cm³/mol. The van der Waals surface area contributed by atoms with Gasteiger partial charge in [0.1, 0.15) is 23.7 Å². The number of aryl methyl sites for hydroxylation is 1. The molecule has 0 spiro atoms. The standard InChI is InChI=1S/C18H15FN4O/c1-12-6-2-4-8-14(12)23-18(24)16-10-17(21-11-20-16)22-15-9-5-3-7-13(15)19/h2-11H,1H3,(H,23,24)(H,20,21,22). The van der Waals surface area contributed by atoms with E-state index in [0.29, 0.717) is 11.5 Å². The molecule has 24 heavy (non-hydrogen) atoms. The lowest BCUT2D eigenvalue weighted by Crippen LogP contribution is -2.15. The molecule has 1 heterocycles. The number of nitrogens with one attached hydrogen (secondary N) is 2. The number of benzene rings is 2. The van der Waals surface area contributed by atoms with Crippen molar-refractivity contribution in [2.24, 2.45) is 0 Å². The van der Waals surface area contributed by atoms with Crippen LogP contribution >= 0.6 is 0 Å². The molecule has 0 saturated heterocycles. The van der Waals surface area contributed by atoms with Gasteiger partial charge in [0.05, 0.1) is 5.69 Å². The summed E-state index contributed by atoms with van der Waals surface area (Å²) in [6, 6.07) is 15.2. The quantitative estimate of drug-likeness (QED) is 0.764. The molecule has 0 aliphatic rings. The van der Waals surface area contributed by atoms with Gasteiger partial charge in [0, 0.05) is 11.8 Å². The molecular weight excluding hydrogens is 307 g/mol. The summed E-state index contributed by atoms with van der Waals surface area (Å²) in [5.41, 5.74) is 2.13. The van der Waals surface area contributed by atoms with Crippen LogP contribution in [0.2, 0.25) is 0 Å². The van der Waals surface area contributed by atoms with Gasteiger partial charge in [0.25, 0.3) is 5.91 Å². The van der Waals surface area contributed by atoms with Gasteiger partial charge in [-0.05, 0) is 30.7 Å². The molecule has 0 atom stereocenters. The molecule has 2 aromatic carbocycles. The third-order valence-corrected chi connectivity index (χ3v) is 3.43. The first-order valence-corrected chi connectivity index (χ1v) is 7.34. The van der Waals surface area contributed by atoms with E-state index in [9.17, 15) is 9.18 Å². The summed E-state index contributed by atoms with van der Waals surface area (Å²) < 4.78 is 13.7. The topological polar surface area (TPSA) is 66.9 Å². The average Bonchev–Trinajstić information content (AvgIpc) is 2.59. The van der Waals surface area contributed by atoms with Crippen LogP contribution < -0.4 is 10.6 Å². The van der Waals surface area contributed by atoms with Crippen LogP contribution in [0, 0.1) is 12.7 Å². The Hall–Kier alpha value is -3.28. The fourth-order valence-electron chi connectivity index (χ4n) is 2.15. The highest BCUT2D eigenvalue weighted by molar-refractivity contribution is 6.03. The summed E-state index contributed by atoms with van der Waals surface area (Å²) in [6.07, 6.45) is 1.26. The Kier molecular flexibility index (Phi) is 4.47. The van der Waals surface area contributed by atoms with E-state index in [1.807, 2.05) is 31.2 Å². The van der Waals surface area contributed by atoms with Gasteiger partial charge in [-0.15, -0.1) is 0 Å². The zero-order chi connectivity index (χ0) is 16.9. The maximum Gasteiger partial charge on any atom is 0.274 e. The van der Waals surface area contributed by atoms with E-state index in [1.54, 1.807) is 18.2 Å². The molecule has 0 unspecified atom stereocenters. The van der Waals surface area contributed by atoms with Gasteiger partial charge in [0.2, 0.25) is 0 Å². The van der Waals surface area contributed by atoms with Crippen molar-refractivity contribution in [1.82, 2.24) is 9.97 Å². The minimum Gasteiger partial charge on any atom is -0.338 e. The average molecular weight is 322 g/mol. The molecule has 0 aliphatic carbocycles. The van der Waals surface area contributed by atoms with Gasteiger partial charge in [-0.25, -0.2) is 14.4 Å². The first kappa shape index (κ1) is 15.6. The zero-order valence-electron chi connectivity index (χ0n) is 13.0. The highest BCUT2D eigenvalue weighted by Crippen LogP contribution is 2.19. The van der Waals surface area contributed by atoms with Gasteiger partial charge >= 0.3 is 0 Å². The lowest BCUT2D eigenvalue weighted by molar-refractivity contribution is 0.102. The number of para-hydroxylation sites is 2. The van der Waals surface area contributed by atoms with Gasteiger partial charge in [-0.2, -0.15) is 0 Å².